The molecule has 1 saturated heterocycles. The highest BCUT2D eigenvalue weighted by atomic mass is 32.1. The standard InChI is InChI=1S/C14H21N3O2S/c1-9(2)8-16-5-6-17(10(3)13(16)18)14(19)12-7-15-11(4)20-12/h7,9-10H,5-6,8H2,1-4H3/t10-/m1/s1. The zero-order valence-electron chi connectivity index (χ0n) is 12.4. The molecule has 1 aromatic rings. The molecular formula is C14H21N3O2S. The van der Waals surface area contributed by atoms with Gasteiger partial charge in [-0.2, -0.15) is 0 Å². The number of hydrogen-bond acceptors (Lipinski definition) is 4. The van der Waals surface area contributed by atoms with E-state index in [2.05, 4.69) is 18.8 Å². The Bertz CT molecular complexity index is 512. The van der Waals surface area contributed by atoms with Crippen LogP contribution in [-0.2, 0) is 4.79 Å². The Kier molecular flexibility index (Phi) is 4.42. The summed E-state index contributed by atoms with van der Waals surface area (Å²) in [7, 11) is 0. The van der Waals surface area contributed by atoms with E-state index in [0.29, 0.717) is 23.9 Å². The van der Waals surface area contributed by atoms with Gasteiger partial charge in [-0.05, 0) is 19.8 Å². The van der Waals surface area contributed by atoms with E-state index in [-0.39, 0.29) is 11.8 Å². The van der Waals surface area contributed by atoms with Crippen molar-refractivity contribution in [2.24, 2.45) is 5.92 Å². The average Bonchev–Trinajstić information content (AvgIpc) is 2.81. The van der Waals surface area contributed by atoms with Gasteiger partial charge in [-0.1, -0.05) is 13.8 Å². The first-order chi connectivity index (χ1) is 9.40. The Morgan fingerprint density at radius 2 is 2.20 bits per heavy atom. The van der Waals surface area contributed by atoms with Gasteiger partial charge in [0, 0.05) is 19.6 Å². The van der Waals surface area contributed by atoms with Gasteiger partial charge in [0.25, 0.3) is 5.91 Å². The minimum atomic E-state index is -0.391. The molecule has 1 aromatic heterocycles. The normalized spacial score (nSPS) is 19.9. The smallest absolute Gasteiger partial charge is 0.266 e. The Labute approximate surface area is 123 Å². The molecule has 2 amide bonds. The monoisotopic (exact) mass is 295 g/mol. The van der Waals surface area contributed by atoms with Crippen molar-refractivity contribution in [3.05, 3.63) is 16.1 Å². The van der Waals surface area contributed by atoms with Crippen molar-refractivity contribution in [2.75, 3.05) is 19.6 Å². The van der Waals surface area contributed by atoms with Crippen molar-refractivity contribution in [1.82, 2.24) is 14.8 Å². The Balaban J connectivity index is 2.08. The highest BCUT2D eigenvalue weighted by molar-refractivity contribution is 7.13. The maximum Gasteiger partial charge on any atom is 0.266 e. The Morgan fingerprint density at radius 3 is 2.75 bits per heavy atom. The molecule has 1 aliphatic heterocycles. The predicted octanol–water partition coefficient (Wildman–Crippen LogP) is 1.78. The molecule has 1 fully saturated rings. The van der Waals surface area contributed by atoms with Crippen molar-refractivity contribution in [2.45, 2.75) is 33.7 Å². The summed E-state index contributed by atoms with van der Waals surface area (Å²) >= 11 is 1.38. The van der Waals surface area contributed by atoms with Crippen LogP contribution in [0.5, 0.6) is 0 Å². The number of piperazine rings is 1. The lowest BCUT2D eigenvalue weighted by molar-refractivity contribution is -0.140. The van der Waals surface area contributed by atoms with E-state index in [9.17, 15) is 9.59 Å². The molecular weight excluding hydrogens is 274 g/mol. The summed E-state index contributed by atoms with van der Waals surface area (Å²) in [5, 5.41) is 0.866. The van der Waals surface area contributed by atoms with Crippen LogP contribution in [-0.4, -0.2) is 52.3 Å². The number of nitrogens with zero attached hydrogens (tertiary/aromatic N) is 3. The highest BCUT2D eigenvalue weighted by Crippen LogP contribution is 2.19. The summed E-state index contributed by atoms with van der Waals surface area (Å²) in [5.41, 5.74) is 0. The van der Waals surface area contributed by atoms with Gasteiger partial charge >= 0.3 is 0 Å². The maximum atomic E-state index is 12.4. The fraction of sp³-hybridized carbons (Fsp3) is 0.643. The zero-order chi connectivity index (χ0) is 14.9. The van der Waals surface area contributed by atoms with Gasteiger partial charge in [-0.25, -0.2) is 4.98 Å². The van der Waals surface area contributed by atoms with Gasteiger partial charge in [0.1, 0.15) is 10.9 Å². The molecule has 5 nitrogen and oxygen atoms in total. The third-order valence-corrected chi connectivity index (χ3v) is 4.33. The quantitative estimate of drug-likeness (QED) is 0.854. The van der Waals surface area contributed by atoms with E-state index in [0.717, 1.165) is 11.6 Å². The van der Waals surface area contributed by atoms with Gasteiger partial charge < -0.3 is 9.80 Å². The lowest BCUT2D eigenvalue weighted by Gasteiger charge is -2.39. The number of carbonyl (C=O) groups is 2. The molecule has 0 spiro atoms. The molecule has 0 aromatic carbocycles. The molecule has 2 rings (SSSR count). The first-order valence-electron chi connectivity index (χ1n) is 6.92. The molecule has 0 radical (unpaired) electrons. The second-order valence-electron chi connectivity index (χ2n) is 5.60. The first kappa shape index (κ1) is 15.0. The van der Waals surface area contributed by atoms with Gasteiger partial charge in [0.05, 0.1) is 11.2 Å². The molecule has 1 atom stereocenters. The van der Waals surface area contributed by atoms with E-state index >= 15 is 0 Å². The van der Waals surface area contributed by atoms with Gasteiger partial charge in [-0.15, -0.1) is 11.3 Å². The van der Waals surface area contributed by atoms with Crippen LogP contribution in [0.15, 0.2) is 6.20 Å². The number of carbonyl (C=O) groups excluding carboxylic acids is 2. The molecule has 0 saturated carbocycles. The molecule has 0 unspecified atom stereocenters. The van der Waals surface area contributed by atoms with Crippen LogP contribution < -0.4 is 0 Å². The molecule has 110 valence electrons. The van der Waals surface area contributed by atoms with E-state index in [1.165, 1.54) is 11.3 Å². The largest absolute Gasteiger partial charge is 0.339 e. The van der Waals surface area contributed by atoms with E-state index in [4.69, 9.17) is 0 Å². The second kappa shape index (κ2) is 5.91. The molecule has 1 aliphatic rings. The number of rotatable bonds is 3. The Hall–Kier alpha value is -1.43. The summed E-state index contributed by atoms with van der Waals surface area (Å²) < 4.78 is 0. The van der Waals surface area contributed by atoms with Crippen molar-refractivity contribution >= 4 is 23.2 Å². The summed E-state index contributed by atoms with van der Waals surface area (Å²) in [6, 6.07) is -0.391. The van der Waals surface area contributed by atoms with Gasteiger partial charge in [0.2, 0.25) is 5.91 Å². The molecule has 2 heterocycles. The number of aromatic nitrogens is 1. The van der Waals surface area contributed by atoms with Crippen LogP contribution in [0.2, 0.25) is 0 Å². The third kappa shape index (κ3) is 3.00. The van der Waals surface area contributed by atoms with E-state index < -0.39 is 6.04 Å². The minimum Gasteiger partial charge on any atom is -0.339 e. The molecule has 0 aliphatic carbocycles. The number of hydrogen-bond donors (Lipinski definition) is 0. The summed E-state index contributed by atoms with van der Waals surface area (Å²) in [5.74, 6) is 0.401. The second-order valence-corrected chi connectivity index (χ2v) is 6.83. The van der Waals surface area contributed by atoms with Crippen LogP contribution in [0.3, 0.4) is 0 Å². The first-order valence-corrected chi connectivity index (χ1v) is 7.74. The SMILES string of the molecule is Cc1ncc(C(=O)N2CCN(CC(C)C)C(=O)[C@H]2C)s1. The highest BCUT2D eigenvalue weighted by Gasteiger charge is 2.35. The summed E-state index contributed by atoms with van der Waals surface area (Å²) in [6.07, 6.45) is 1.60. The summed E-state index contributed by atoms with van der Waals surface area (Å²) in [4.78, 5) is 33.0. The third-order valence-electron chi connectivity index (χ3n) is 3.43. The van der Waals surface area contributed by atoms with Crippen molar-refractivity contribution in [3.63, 3.8) is 0 Å². The van der Waals surface area contributed by atoms with Crippen LogP contribution in [0.25, 0.3) is 0 Å². The minimum absolute atomic E-state index is 0.0412. The molecule has 0 N–H and O–H groups in total. The van der Waals surface area contributed by atoms with Crippen LogP contribution in [0.1, 0.15) is 35.5 Å². The molecule has 0 bridgehead atoms. The van der Waals surface area contributed by atoms with Gasteiger partial charge in [-0.3, -0.25) is 9.59 Å². The topological polar surface area (TPSA) is 53.5 Å². The number of thiazole rings is 1. The lowest BCUT2D eigenvalue weighted by atomic mass is 10.1. The fourth-order valence-corrected chi connectivity index (χ4v) is 3.16. The Morgan fingerprint density at radius 1 is 1.50 bits per heavy atom. The van der Waals surface area contributed by atoms with Gasteiger partial charge in [0.15, 0.2) is 0 Å². The zero-order valence-corrected chi connectivity index (χ0v) is 13.2. The van der Waals surface area contributed by atoms with E-state index in [1.54, 1.807) is 18.0 Å². The van der Waals surface area contributed by atoms with Crippen molar-refractivity contribution < 1.29 is 9.59 Å². The maximum absolute atomic E-state index is 12.4. The number of amides is 2. The predicted molar refractivity (Wildman–Crippen MR) is 78.8 cm³/mol. The van der Waals surface area contributed by atoms with Crippen LogP contribution in [0.4, 0.5) is 0 Å². The number of aryl methyl sites for hydroxylation is 1. The lowest BCUT2D eigenvalue weighted by Crippen LogP contribution is -2.58. The van der Waals surface area contributed by atoms with Crippen molar-refractivity contribution in [3.8, 4) is 0 Å². The average molecular weight is 295 g/mol. The van der Waals surface area contributed by atoms with E-state index in [1.807, 2.05) is 11.8 Å². The molecule has 6 heteroatoms. The van der Waals surface area contributed by atoms with Crippen molar-refractivity contribution in [1.29, 1.82) is 0 Å². The fourth-order valence-electron chi connectivity index (χ4n) is 2.43. The van der Waals surface area contributed by atoms with Crippen LogP contribution >= 0.6 is 11.3 Å². The summed E-state index contributed by atoms with van der Waals surface area (Å²) in [6.45, 7) is 9.83. The molecule has 20 heavy (non-hydrogen) atoms. The van der Waals surface area contributed by atoms with Crippen LogP contribution in [0, 0.1) is 12.8 Å².